The fraction of sp³-hybridized carbons (Fsp3) is 1.00. The standard InChI is InChI=1S/3C17H38N.3C16H36N.2H3O4P/c3*1-6-10-14-18(15-11-7-2,16-12-8-3)17(5)13-9-4;3*1-5-9-13-17(14-10-6-2,15-11-7-3)16-12-8-4;2*1-5(2,3)4/h3*17H,6-16H2,1-5H3;3*5-16H2,1-4H3;2*(H3,1,2,3,4)/q6*+1;;/p-6. The van der Waals surface area contributed by atoms with Crippen LogP contribution in [0.15, 0.2) is 0 Å². The molecule has 0 aromatic heterocycles. The third-order valence-electron chi connectivity index (χ3n) is 25.4. The molecule has 0 rings (SSSR count). The Bertz CT molecular complexity index is 1550. The van der Waals surface area contributed by atoms with Gasteiger partial charge >= 0.3 is 0 Å². The first-order chi connectivity index (χ1) is 54.7. The summed E-state index contributed by atoms with van der Waals surface area (Å²) in [6.07, 6.45) is 66.1. The first-order valence-corrected chi connectivity index (χ1v) is 54.2. The molecule has 706 valence electrons. The highest BCUT2D eigenvalue weighted by Gasteiger charge is 2.35. The lowest BCUT2D eigenvalue weighted by atomic mass is 10.0. The number of nitrogens with zero attached hydrogens (tertiary/aromatic N) is 6. The molecule has 0 aliphatic rings. The Labute approximate surface area is 727 Å². The number of quaternary nitrogens is 6. The molecular formula is C99H222N6O8P2. The molecule has 0 radical (unpaired) electrons. The van der Waals surface area contributed by atoms with Gasteiger partial charge in [0.1, 0.15) is 0 Å². The largest absolute Gasteiger partial charge is 0.822 e. The Morgan fingerprint density at radius 2 is 0.243 bits per heavy atom. The highest BCUT2D eigenvalue weighted by atomic mass is 31.2. The van der Waals surface area contributed by atoms with E-state index in [1.807, 2.05) is 0 Å². The molecule has 0 N–H and O–H groups in total. The predicted molar refractivity (Wildman–Crippen MR) is 505 cm³/mol. The van der Waals surface area contributed by atoms with Gasteiger partial charge in [0.25, 0.3) is 0 Å². The van der Waals surface area contributed by atoms with Gasteiger partial charge in [-0.3, -0.25) is 0 Å². The number of hydrogen-bond acceptors (Lipinski definition) is 8. The fourth-order valence-electron chi connectivity index (χ4n) is 17.3. The van der Waals surface area contributed by atoms with Gasteiger partial charge in [-0.25, -0.2) is 0 Å². The third kappa shape index (κ3) is 82.1. The van der Waals surface area contributed by atoms with Crippen LogP contribution in [0.4, 0.5) is 0 Å². The first-order valence-electron chi connectivity index (χ1n) is 51.3. The van der Waals surface area contributed by atoms with Crippen LogP contribution in [-0.4, -0.2) is 182 Å². The highest BCUT2D eigenvalue weighted by Crippen LogP contribution is 2.27. The van der Waals surface area contributed by atoms with Crippen LogP contribution in [0.2, 0.25) is 0 Å². The molecule has 0 aromatic carbocycles. The van der Waals surface area contributed by atoms with E-state index in [0.29, 0.717) is 0 Å². The number of rotatable bonds is 72. The van der Waals surface area contributed by atoms with Crippen molar-refractivity contribution >= 4 is 15.6 Å². The van der Waals surface area contributed by atoms with E-state index in [9.17, 15) is 0 Å². The van der Waals surface area contributed by atoms with Crippen molar-refractivity contribution in [3.63, 3.8) is 0 Å². The van der Waals surface area contributed by atoms with Crippen LogP contribution in [0.3, 0.4) is 0 Å². The van der Waals surface area contributed by atoms with E-state index in [1.54, 1.807) is 0 Å². The molecule has 0 spiro atoms. The average molecular weight is 1690 g/mol. The molecular weight excluding hydrogens is 1460 g/mol. The first kappa shape index (κ1) is 131. The predicted octanol–water partition coefficient (Wildman–Crippen LogP) is 25.5. The van der Waals surface area contributed by atoms with Gasteiger partial charge in [0, 0.05) is 0 Å². The maximum atomic E-state index is 8.55. The number of unbranched alkanes of at least 4 members (excludes halogenated alkanes) is 21. The van der Waals surface area contributed by atoms with Crippen LogP contribution in [-0.2, 0) is 9.13 Å². The van der Waals surface area contributed by atoms with Gasteiger partial charge in [0.15, 0.2) is 0 Å². The van der Waals surface area contributed by atoms with E-state index in [-0.39, 0.29) is 0 Å². The summed E-state index contributed by atoms with van der Waals surface area (Å²) in [7, 11) is -10.8. The van der Waals surface area contributed by atoms with Gasteiger partial charge in [-0.15, -0.1) is 0 Å². The molecule has 0 fully saturated rings. The molecule has 0 aliphatic carbocycles. The summed E-state index contributed by atoms with van der Waals surface area (Å²) in [5.41, 5.74) is 0. The van der Waals surface area contributed by atoms with Gasteiger partial charge < -0.3 is 65.4 Å². The number of phosphoric acid groups is 2. The fourth-order valence-corrected chi connectivity index (χ4v) is 17.3. The van der Waals surface area contributed by atoms with Crippen molar-refractivity contribution in [1.82, 2.24) is 0 Å². The van der Waals surface area contributed by atoms with E-state index in [2.05, 4.69) is 187 Å². The zero-order valence-corrected chi connectivity index (χ0v) is 86.2. The van der Waals surface area contributed by atoms with Crippen LogP contribution in [0, 0.1) is 0 Å². The quantitative estimate of drug-likeness (QED) is 0.0427. The van der Waals surface area contributed by atoms with E-state index in [0.717, 1.165) is 18.1 Å². The minimum absolute atomic E-state index is 0.861. The lowest BCUT2D eigenvalue weighted by Crippen LogP contribution is -2.56. The maximum absolute atomic E-state index is 8.55. The summed E-state index contributed by atoms with van der Waals surface area (Å²) >= 11 is 0. The maximum Gasteiger partial charge on any atom is 0.0861 e. The van der Waals surface area contributed by atoms with Crippen LogP contribution in [0.25, 0.3) is 0 Å². The summed E-state index contributed by atoms with van der Waals surface area (Å²) in [5, 5.41) is 0. The molecule has 0 amide bonds. The normalized spacial score (nSPS) is 12.8. The molecule has 16 heteroatoms. The lowest BCUT2D eigenvalue weighted by Gasteiger charge is -2.44. The molecule has 0 saturated heterocycles. The summed E-state index contributed by atoms with van der Waals surface area (Å²) in [4.78, 5) is 51.3. The van der Waals surface area contributed by atoms with E-state index < -0.39 is 15.6 Å². The van der Waals surface area contributed by atoms with Gasteiger partial charge in [-0.05, 0) is 175 Å². The van der Waals surface area contributed by atoms with Crippen molar-refractivity contribution in [1.29, 1.82) is 0 Å². The van der Waals surface area contributed by atoms with Gasteiger partial charge in [0.2, 0.25) is 0 Å². The topological polar surface area (TPSA) is 172 Å². The molecule has 0 aliphatic heterocycles. The van der Waals surface area contributed by atoms with E-state index in [1.165, 1.54) is 473 Å². The molecule has 0 bridgehead atoms. The Balaban J connectivity index is -0.000000194. The Morgan fingerprint density at radius 3 is 0.313 bits per heavy atom. The zero-order chi connectivity index (χ0) is 89.5. The Morgan fingerprint density at radius 1 is 0.165 bits per heavy atom. The monoisotopic (exact) mass is 1690 g/mol. The summed E-state index contributed by atoms with van der Waals surface area (Å²) in [6.45, 7) is 93.3. The summed E-state index contributed by atoms with van der Waals surface area (Å²) in [5.74, 6) is 0. The Kier molecular flexibility index (Phi) is 104. The second-order valence-electron chi connectivity index (χ2n) is 36.1. The minimum Gasteiger partial charge on any atom is -0.822 e. The Hall–Kier alpha value is -0.0200. The van der Waals surface area contributed by atoms with Crippen LogP contribution in [0.1, 0.15) is 495 Å². The van der Waals surface area contributed by atoms with Crippen molar-refractivity contribution in [2.45, 2.75) is 513 Å². The van der Waals surface area contributed by atoms with Crippen LogP contribution >= 0.6 is 15.6 Å². The van der Waals surface area contributed by atoms with E-state index >= 15 is 0 Å². The lowest BCUT2D eigenvalue weighted by molar-refractivity contribution is -0.950. The van der Waals surface area contributed by atoms with Crippen molar-refractivity contribution in [2.75, 3.05) is 137 Å². The van der Waals surface area contributed by atoms with Crippen molar-refractivity contribution in [2.24, 2.45) is 0 Å². The number of hydrogen-bond donors (Lipinski definition) is 0. The summed E-state index contributed by atoms with van der Waals surface area (Å²) in [6, 6.07) is 2.58. The summed E-state index contributed by atoms with van der Waals surface area (Å²) < 4.78 is 25.6. The van der Waals surface area contributed by atoms with E-state index in [4.69, 9.17) is 38.5 Å². The van der Waals surface area contributed by atoms with Gasteiger partial charge in [-0.2, -0.15) is 15.6 Å². The molecule has 115 heavy (non-hydrogen) atoms. The molecule has 0 saturated carbocycles. The van der Waals surface area contributed by atoms with Crippen LogP contribution < -0.4 is 29.4 Å². The smallest absolute Gasteiger partial charge is 0.0861 e. The highest BCUT2D eigenvalue weighted by molar-refractivity contribution is 7.40. The molecule has 14 nitrogen and oxygen atoms in total. The second kappa shape index (κ2) is 91.7. The van der Waals surface area contributed by atoms with Gasteiger partial charge in [-0.1, -0.05) is 320 Å². The molecule has 0 heterocycles. The van der Waals surface area contributed by atoms with Crippen molar-refractivity contribution in [3.8, 4) is 0 Å². The zero-order valence-electron chi connectivity index (χ0n) is 84.4. The second-order valence-corrected chi connectivity index (χ2v) is 37.9. The van der Waals surface area contributed by atoms with Crippen LogP contribution in [0.5, 0.6) is 0 Å². The SMILES string of the molecule is CCCC[N+](CCCC)(CCCC)C(C)CCC.CCCC[N+](CCCC)(CCCC)C(C)CCC.CCCC[N+](CCCC)(CCCC)C(C)CCC.CCCC[N+](CCCC)(CCCC)CCCC.CCCC[N+](CCCC)(CCCC)CCCC.CCCC[N+](CCCC)(CCCC)CCCC.O=P([O-])([O-])[O-].O=P([O-])([O-])[O-]. The van der Waals surface area contributed by atoms with Gasteiger partial charge in [0.05, 0.1) is 156 Å². The van der Waals surface area contributed by atoms with Crippen molar-refractivity contribution in [3.05, 3.63) is 0 Å². The average Bonchev–Trinajstić information content (AvgIpc) is 0.845. The molecule has 3 unspecified atom stereocenters. The molecule has 3 atom stereocenters. The molecule has 0 aromatic rings. The third-order valence-corrected chi connectivity index (χ3v) is 25.4. The minimum atomic E-state index is -5.39. The van der Waals surface area contributed by atoms with Crippen molar-refractivity contribution < 1.29 is 65.4 Å².